The molecule has 1 aromatic rings. The summed E-state index contributed by atoms with van der Waals surface area (Å²) < 4.78 is 59.1. The number of nitrogens with zero attached hydrogens (tertiary/aromatic N) is 1. The van der Waals surface area contributed by atoms with Crippen molar-refractivity contribution in [3.63, 3.8) is 0 Å². The lowest BCUT2D eigenvalue weighted by atomic mass is 10.3. The van der Waals surface area contributed by atoms with Gasteiger partial charge in [0.25, 0.3) is 0 Å². The average Bonchev–Trinajstić information content (AvgIpc) is 2.46. The molecule has 0 atom stereocenters. The second-order valence-corrected chi connectivity index (χ2v) is 8.81. The Morgan fingerprint density at radius 1 is 1.05 bits per heavy atom. The van der Waals surface area contributed by atoms with E-state index in [9.17, 15) is 16.8 Å². The molecule has 2 rings (SSSR count). The van der Waals surface area contributed by atoms with Gasteiger partial charge in [0, 0.05) is 19.2 Å². The highest BCUT2D eigenvalue weighted by Crippen LogP contribution is 2.30. The lowest BCUT2D eigenvalue weighted by Gasteiger charge is -2.26. The maximum absolute atomic E-state index is 12.5. The molecule has 0 amide bonds. The highest BCUT2D eigenvalue weighted by molar-refractivity contribution is 7.92. The van der Waals surface area contributed by atoms with Crippen molar-refractivity contribution in [1.82, 2.24) is 4.31 Å². The molecule has 1 aliphatic rings. The third kappa shape index (κ3) is 3.30. The largest absolute Gasteiger partial charge is 0.493 e. The molecule has 0 radical (unpaired) electrons. The number of methoxy groups -OCH3 is 2. The van der Waals surface area contributed by atoms with Gasteiger partial charge in [-0.2, -0.15) is 4.31 Å². The summed E-state index contributed by atoms with van der Waals surface area (Å²) >= 11 is 0. The van der Waals surface area contributed by atoms with Gasteiger partial charge in [-0.05, 0) is 12.1 Å². The number of sulfonamides is 1. The number of hydrogen-bond donors (Lipinski definition) is 0. The number of sulfone groups is 1. The van der Waals surface area contributed by atoms with Crippen LogP contribution < -0.4 is 9.47 Å². The van der Waals surface area contributed by atoms with E-state index in [1.54, 1.807) is 0 Å². The maximum Gasteiger partial charge on any atom is 0.243 e. The number of rotatable bonds is 4. The minimum Gasteiger partial charge on any atom is -0.493 e. The van der Waals surface area contributed by atoms with E-state index < -0.39 is 19.9 Å². The first-order valence-corrected chi connectivity index (χ1v) is 9.49. The summed E-state index contributed by atoms with van der Waals surface area (Å²) in [7, 11) is -3.99. The number of ether oxygens (including phenoxy) is 2. The molecule has 21 heavy (non-hydrogen) atoms. The molecule has 1 saturated heterocycles. The molecule has 0 aromatic heterocycles. The first kappa shape index (κ1) is 16.1. The second kappa shape index (κ2) is 5.82. The standard InChI is InChI=1S/C12H17NO6S2/c1-18-11-4-3-10(9-12(11)19-2)21(16,17)13-5-7-20(14,15)8-6-13/h3-4,9H,5-8H2,1-2H3. The Morgan fingerprint density at radius 3 is 2.14 bits per heavy atom. The van der Waals surface area contributed by atoms with Gasteiger partial charge >= 0.3 is 0 Å². The van der Waals surface area contributed by atoms with Gasteiger partial charge in [0.15, 0.2) is 21.3 Å². The molecule has 0 aliphatic carbocycles. The van der Waals surface area contributed by atoms with Crippen LogP contribution in [0.3, 0.4) is 0 Å². The average molecular weight is 335 g/mol. The van der Waals surface area contributed by atoms with E-state index in [-0.39, 0.29) is 29.5 Å². The zero-order chi connectivity index (χ0) is 15.7. The Balaban J connectivity index is 2.32. The van der Waals surface area contributed by atoms with Crippen molar-refractivity contribution in [3.8, 4) is 11.5 Å². The van der Waals surface area contributed by atoms with Gasteiger partial charge in [0.05, 0.1) is 30.6 Å². The van der Waals surface area contributed by atoms with Crippen LogP contribution in [-0.2, 0) is 19.9 Å². The summed E-state index contributed by atoms with van der Waals surface area (Å²) in [5.74, 6) is 0.430. The Labute approximate surface area is 124 Å². The maximum atomic E-state index is 12.5. The SMILES string of the molecule is COc1ccc(S(=O)(=O)N2CCS(=O)(=O)CC2)cc1OC. The zero-order valence-electron chi connectivity index (χ0n) is 11.8. The highest BCUT2D eigenvalue weighted by Gasteiger charge is 2.31. The summed E-state index contributed by atoms with van der Waals surface area (Å²) in [6, 6.07) is 4.30. The first-order valence-electron chi connectivity index (χ1n) is 6.23. The third-order valence-electron chi connectivity index (χ3n) is 3.30. The molecule has 0 N–H and O–H groups in total. The van der Waals surface area contributed by atoms with E-state index >= 15 is 0 Å². The van der Waals surface area contributed by atoms with Crippen LogP contribution in [0.4, 0.5) is 0 Å². The summed E-state index contributed by atoms with van der Waals surface area (Å²) in [5, 5.41) is 0. The normalized spacial score (nSPS) is 19.1. The molecular weight excluding hydrogens is 318 g/mol. The minimum absolute atomic E-state index is 0.0288. The minimum atomic E-state index is -3.74. The van der Waals surface area contributed by atoms with Crippen LogP contribution in [0.2, 0.25) is 0 Å². The van der Waals surface area contributed by atoms with Crippen molar-refractivity contribution in [2.45, 2.75) is 4.90 Å². The van der Waals surface area contributed by atoms with E-state index in [0.29, 0.717) is 11.5 Å². The van der Waals surface area contributed by atoms with Crippen molar-refractivity contribution in [3.05, 3.63) is 18.2 Å². The Morgan fingerprint density at radius 2 is 1.62 bits per heavy atom. The highest BCUT2D eigenvalue weighted by atomic mass is 32.2. The van der Waals surface area contributed by atoms with Gasteiger partial charge in [-0.15, -0.1) is 0 Å². The molecule has 9 heteroatoms. The second-order valence-electron chi connectivity index (χ2n) is 4.57. The summed E-state index contributed by atoms with van der Waals surface area (Å²) in [6.07, 6.45) is 0. The summed E-state index contributed by atoms with van der Waals surface area (Å²) in [5.41, 5.74) is 0. The van der Waals surface area contributed by atoms with E-state index in [1.165, 1.54) is 36.7 Å². The monoisotopic (exact) mass is 335 g/mol. The van der Waals surface area contributed by atoms with Gasteiger partial charge in [-0.25, -0.2) is 16.8 Å². The van der Waals surface area contributed by atoms with Crippen LogP contribution in [-0.4, -0.2) is 60.0 Å². The molecule has 7 nitrogen and oxygen atoms in total. The van der Waals surface area contributed by atoms with Crippen LogP contribution in [0.1, 0.15) is 0 Å². The van der Waals surface area contributed by atoms with Gasteiger partial charge in [-0.3, -0.25) is 0 Å². The van der Waals surface area contributed by atoms with E-state index in [0.717, 1.165) is 0 Å². The van der Waals surface area contributed by atoms with Crippen molar-refractivity contribution >= 4 is 19.9 Å². The Kier molecular flexibility index (Phi) is 4.45. The molecule has 118 valence electrons. The van der Waals surface area contributed by atoms with E-state index in [2.05, 4.69) is 0 Å². The van der Waals surface area contributed by atoms with Crippen molar-refractivity contribution in [2.24, 2.45) is 0 Å². The third-order valence-corrected chi connectivity index (χ3v) is 6.80. The fourth-order valence-electron chi connectivity index (χ4n) is 2.06. The smallest absolute Gasteiger partial charge is 0.243 e. The first-order chi connectivity index (χ1) is 9.80. The van der Waals surface area contributed by atoms with Crippen molar-refractivity contribution in [2.75, 3.05) is 38.8 Å². The van der Waals surface area contributed by atoms with Crippen LogP contribution >= 0.6 is 0 Å². The van der Waals surface area contributed by atoms with Crippen molar-refractivity contribution < 1.29 is 26.3 Å². The molecular formula is C12H17NO6S2. The molecule has 0 bridgehead atoms. The van der Waals surface area contributed by atoms with E-state index in [4.69, 9.17) is 9.47 Å². The van der Waals surface area contributed by atoms with Crippen LogP contribution in [0, 0.1) is 0 Å². The molecule has 1 fully saturated rings. The van der Waals surface area contributed by atoms with Gasteiger partial charge in [-0.1, -0.05) is 0 Å². The Bertz CT molecular complexity index is 712. The molecule has 1 heterocycles. The molecule has 0 spiro atoms. The molecule has 0 unspecified atom stereocenters. The fraction of sp³-hybridized carbons (Fsp3) is 0.500. The number of hydrogen-bond acceptors (Lipinski definition) is 6. The predicted octanol–water partition coefficient (Wildman–Crippen LogP) is 0.123. The topological polar surface area (TPSA) is 90.0 Å². The van der Waals surface area contributed by atoms with Crippen molar-refractivity contribution in [1.29, 1.82) is 0 Å². The Hall–Kier alpha value is -1.32. The van der Waals surface area contributed by atoms with Crippen LogP contribution in [0.5, 0.6) is 11.5 Å². The van der Waals surface area contributed by atoms with Gasteiger partial charge in [0.1, 0.15) is 0 Å². The van der Waals surface area contributed by atoms with Gasteiger partial charge in [0.2, 0.25) is 10.0 Å². The number of benzene rings is 1. The predicted molar refractivity (Wildman–Crippen MR) is 77.0 cm³/mol. The summed E-state index contributed by atoms with van der Waals surface area (Å²) in [4.78, 5) is 0.0550. The lowest BCUT2D eigenvalue weighted by Crippen LogP contribution is -2.43. The zero-order valence-corrected chi connectivity index (χ0v) is 13.4. The van der Waals surface area contributed by atoms with Crippen LogP contribution in [0.25, 0.3) is 0 Å². The lowest BCUT2D eigenvalue weighted by molar-refractivity contribution is 0.353. The summed E-state index contributed by atoms with van der Waals surface area (Å²) in [6.45, 7) is -0.0575. The van der Waals surface area contributed by atoms with E-state index in [1.807, 2.05) is 0 Å². The van der Waals surface area contributed by atoms with Crippen LogP contribution in [0.15, 0.2) is 23.1 Å². The molecule has 1 aromatic carbocycles. The molecule has 1 aliphatic heterocycles. The quantitative estimate of drug-likeness (QED) is 0.776. The fourth-order valence-corrected chi connectivity index (χ4v) is 4.95. The van der Waals surface area contributed by atoms with Gasteiger partial charge < -0.3 is 9.47 Å². The molecule has 0 saturated carbocycles.